The van der Waals surface area contributed by atoms with Crippen LogP contribution < -0.4 is 10.5 Å². The minimum Gasteiger partial charge on any atom is -0.465 e. The summed E-state index contributed by atoms with van der Waals surface area (Å²) in [5.74, 6) is -0.101. The molecule has 0 saturated carbocycles. The summed E-state index contributed by atoms with van der Waals surface area (Å²) in [4.78, 5) is 43.8. The first kappa shape index (κ1) is 25.0. The maximum Gasteiger partial charge on any atom is 0.412 e. The predicted octanol–water partition coefficient (Wildman–Crippen LogP) is 5.04. The fourth-order valence-electron chi connectivity index (χ4n) is 4.38. The molecular weight excluding hydrogens is 541 g/mol. The zero-order chi connectivity index (χ0) is 26.6. The maximum atomic E-state index is 13.6. The number of aromatic amines is 1. The van der Waals surface area contributed by atoms with Gasteiger partial charge in [-0.15, -0.1) is 0 Å². The Bertz CT molecular complexity index is 1710. The lowest BCUT2D eigenvalue weighted by Crippen LogP contribution is -2.45. The highest BCUT2D eigenvalue weighted by molar-refractivity contribution is 7.71. The Morgan fingerprint density at radius 1 is 1.22 bits per heavy atom. The minimum absolute atomic E-state index is 0.137. The molecule has 13 heteroatoms. The molecule has 190 valence electrons. The molecule has 0 unspecified atom stereocenters. The third kappa shape index (κ3) is 4.28. The molecule has 2 aromatic carbocycles. The molecule has 0 saturated heterocycles. The van der Waals surface area contributed by atoms with E-state index in [4.69, 9.17) is 39.9 Å². The molecule has 1 atom stereocenters. The van der Waals surface area contributed by atoms with Gasteiger partial charge in [-0.3, -0.25) is 19.1 Å². The summed E-state index contributed by atoms with van der Waals surface area (Å²) in [6.45, 7) is 2.03. The second-order valence-corrected chi connectivity index (χ2v) is 9.87. The van der Waals surface area contributed by atoms with E-state index in [0.29, 0.717) is 44.9 Å². The van der Waals surface area contributed by atoms with Crippen molar-refractivity contribution in [1.29, 1.82) is 0 Å². The predicted molar refractivity (Wildman–Crippen MR) is 141 cm³/mol. The number of H-pyrrole nitrogens is 1. The highest BCUT2D eigenvalue weighted by atomic mass is 35.5. The van der Waals surface area contributed by atoms with Gasteiger partial charge in [0.25, 0.3) is 11.5 Å². The standard InChI is InChI=1S/C24H19Cl2N5O5S/c1-11-7-15-18(10-30(11)21(32)12-3-6-16(25)17(26)8-12)27-23(37)31(22(15)33)13-4-5-14-19(9-13)36-28-20(14)29(2)24(34)35/h3-6,8-9,11H,7,10H2,1-2H3,(H,27,37)(H,34,35)/t11-/m1/s1. The number of rotatable bonds is 3. The van der Waals surface area contributed by atoms with Gasteiger partial charge >= 0.3 is 6.09 Å². The van der Waals surface area contributed by atoms with Crippen LogP contribution in [0, 0.1) is 4.77 Å². The zero-order valence-electron chi connectivity index (χ0n) is 19.5. The van der Waals surface area contributed by atoms with E-state index >= 15 is 0 Å². The number of carboxylic acid groups (broad SMARTS) is 1. The average Bonchev–Trinajstić information content (AvgIpc) is 3.28. The number of carbonyl (C=O) groups excluding carboxylic acids is 1. The summed E-state index contributed by atoms with van der Waals surface area (Å²) in [5, 5.41) is 14.2. The van der Waals surface area contributed by atoms with Crippen molar-refractivity contribution in [3.05, 3.63) is 78.4 Å². The lowest BCUT2D eigenvalue weighted by molar-refractivity contribution is 0.0653. The van der Waals surface area contributed by atoms with Crippen LogP contribution in [0.2, 0.25) is 10.0 Å². The Labute approximate surface area is 224 Å². The van der Waals surface area contributed by atoms with E-state index in [1.807, 2.05) is 6.92 Å². The largest absolute Gasteiger partial charge is 0.465 e. The van der Waals surface area contributed by atoms with Crippen LogP contribution in [0.1, 0.15) is 28.5 Å². The van der Waals surface area contributed by atoms with Crippen molar-refractivity contribution >= 4 is 64.2 Å². The summed E-state index contributed by atoms with van der Waals surface area (Å²) in [6, 6.07) is 9.27. The SMILES string of the molecule is C[C@@H]1Cc2c([nH]c(=S)n(-c3ccc4c(N(C)C(=O)O)noc4c3)c2=O)CN1C(=O)c1ccc(Cl)c(Cl)c1. The third-order valence-corrected chi connectivity index (χ3v) is 7.40. The topological polar surface area (TPSA) is 125 Å². The van der Waals surface area contributed by atoms with Crippen molar-refractivity contribution < 1.29 is 19.2 Å². The molecule has 1 aliphatic heterocycles. The molecular formula is C24H19Cl2N5O5S. The molecule has 0 bridgehead atoms. The fraction of sp³-hybridized carbons (Fsp3) is 0.208. The average molecular weight is 560 g/mol. The van der Waals surface area contributed by atoms with Crippen LogP contribution in [0.4, 0.5) is 10.6 Å². The molecule has 0 aliphatic carbocycles. The van der Waals surface area contributed by atoms with Gasteiger partial charge in [0.2, 0.25) is 0 Å². The van der Waals surface area contributed by atoms with E-state index in [2.05, 4.69) is 10.1 Å². The van der Waals surface area contributed by atoms with Crippen molar-refractivity contribution in [1.82, 2.24) is 19.6 Å². The summed E-state index contributed by atoms with van der Waals surface area (Å²) >= 11 is 17.6. The first-order chi connectivity index (χ1) is 17.6. The molecule has 1 aliphatic rings. The van der Waals surface area contributed by atoms with Crippen LogP contribution in [0.3, 0.4) is 0 Å². The Kier molecular flexibility index (Phi) is 6.30. The normalized spacial score (nSPS) is 15.0. The summed E-state index contributed by atoms with van der Waals surface area (Å²) in [6.07, 6.45) is -0.876. The van der Waals surface area contributed by atoms with Crippen LogP contribution in [0.15, 0.2) is 45.7 Å². The smallest absolute Gasteiger partial charge is 0.412 e. The van der Waals surface area contributed by atoms with Crippen LogP contribution >= 0.6 is 35.4 Å². The van der Waals surface area contributed by atoms with Crippen LogP contribution in [0.25, 0.3) is 16.7 Å². The van der Waals surface area contributed by atoms with Crippen molar-refractivity contribution in [3.63, 3.8) is 0 Å². The maximum absolute atomic E-state index is 13.6. The van der Waals surface area contributed by atoms with Crippen molar-refractivity contribution in [3.8, 4) is 5.69 Å². The number of hydrogen-bond donors (Lipinski definition) is 2. The monoisotopic (exact) mass is 559 g/mol. The quantitative estimate of drug-likeness (QED) is 0.336. The molecule has 10 nitrogen and oxygen atoms in total. The first-order valence-corrected chi connectivity index (χ1v) is 12.2. The fourth-order valence-corrected chi connectivity index (χ4v) is 4.99. The lowest BCUT2D eigenvalue weighted by atomic mass is 9.98. The Morgan fingerprint density at radius 3 is 2.68 bits per heavy atom. The van der Waals surface area contributed by atoms with Crippen LogP contribution in [0.5, 0.6) is 0 Å². The number of amides is 2. The molecule has 4 aromatic rings. The molecule has 2 N–H and O–H groups in total. The molecule has 37 heavy (non-hydrogen) atoms. The number of benzene rings is 2. The van der Waals surface area contributed by atoms with Crippen LogP contribution in [-0.4, -0.2) is 49.8 Å². The van der Waals surface area contributed by atoms with E-state index < -0.39 is 6.09 Å². The lowest BCUT2D eigenvalue weighted by Gasteiger charge is -2.34. The van der Waals surface area contributed by atoms with Crippen LogP contribution in [-0.2, 0) is 13.0 Å². The zero-order valence-corrected chi connectivity index (χ0v) is 21.8. The molecule has 5 rings (SSSR count). The molecule has 2 amide bonds. The van der Waals surface area contributed by atoms with Gasteiger partial charge in [-0.1, -0.05) is 28.4 Å². The number of anilines is 1. The molecule has 3 heterocycles. The second kappa shape index (κ2) is 9.33. The van der Waals surface area contributed by atoms with Gasteiger partial charge in [0.05, 0.1) is 27.7 Å². The number of halogens is 2. The highest BCUT2D eigenvalue weighted by Crippen LogP contribution is 2.29. The molecule has 2 aromatic heterocycles. The van der Waals surface area contributed by atoms with Crippen molar-refractivity contribution in [2.45, 2.75) is 25.9 Å². The third-order valence-electron chi connectivity index (χ3n) is 6.37. The van der Waals surface area contributed by atoms with Crippen molar-refractivity contribution in [2.24, 2.45) is 0 Å². The van der Waals surface area contributed by atoms with E-state index in [-0.39, 0.29) is 39.7 Å². The first-order valence-electron chi connectivity index (χ1n) is 11.1. The van der Waals surface area contributed by atoms with Gasteiger partial charge in [0.1, 0.15) is 0 Å². The number of aromatic nitrogens is 3. The van der Waals surface area contributed by atoms with Gasteiger partial charge in [-0.2, -0.15) is 0 Å². The summed E-state index contributed by atoms with van der Waals surface area (Å²) in [7, 11) is 1.36. The number of carbonyl (C=O) groups is 2. The summed E-state index contributed by atoms with van der Waals surface area (Å²) in [5.41, 5.74) is 1.89. The number of nitrogens with one attached hydrogen (secondary N) is 1. The second-order valence-electron chi connectivity index (χ2n) is 8.67. The van der Waals surface area contributed by atoms with E-state index in [9.17, 15) is 19.5 Å². The Balaban J connectivity index is 1.51. The number of hydrogen-bond acceptors (Lipinski definition) is 6. The van der Waals surface area contributed by atoms with E-state index in [1.54, 1.807) is 35.2 Å². The van der Waals surface area contributed by atoms with Gasteiger partial charge in [0, 0.05) is 36.0 Å². The minimum atomic E-state index is -1.19. The molecule has 0 radical (unpaired) electrons. The summed E-state index contributed by atoms with van der Waals surface area (Å²) < 4.78 is 6.80. The van der Waals surface area contributed by atoms with E-state index in [1.165, 1.54) is 17.7 Å². The van der Waals surface area contributed by atoms with Gasteiger partial charge in [-0.05, 0) is 55.9 Å². The van der Waals surface area contributed by atoms with Gasteiger partial charge < -0.3 is 19.5 Å². The van der Waals surface area contributed by atoms with Crippen molar-refractivity contribution in [2.75, 3.05) is 11.9 Å². The Morgan fingerprint density at radius 2 is 1.97 bits per heavy atom. The number of fused-ring (bicyclic) bond motifs is 2. The van der Waals surface area contributed by atoms with E-state index in [0.717, 1.165) is 4.90 Å². The highest BCUT2D eigenvalue weighted by Gasteiger charge is 2.31. The number of nitrogens with zero attached hydrogens (tertiary/aromatic N) is 4. The Hall–Kier alpha value is -3.67. The van der Waals surface area contributed by atoms with Gasteiger partial charge in [0.15, 0.2) is 16.2 Å². The molecule has 0 fully saturated rings. The van der Waals surface area contributed by atoms with Gasteiger partial charge in [-0.25, -0.2) is 4.79 Å². The molecule has 0 spiro atoms.